The van der Waals surface area contributed by atoms with Gasteiger partial charge in [-0.1, -0.05) is 164 Å². The molecule has 0 unspecified atom stereocenters. The van der Waals surface area contributed by atoms with Gasteiger partial charge in [-0.3, -0.25) is 0 Å². The first kappa shape index (κ1) is 30.0. The van der Waals surface area contributed by atoms with Crippen molar-refractivity contribution in [3.63, 3.8) is 0 Å². The largest absolute Gasteiger partial charge is 0.456 e. The van der Waals surface area contributed by atoms with Crippen molar-refractivity contribution in [1.29, 1.82) is 0 Å². The number of hydrogen-bond acceptors (Lipinski definition) is 2. The molecule has 0 fully saturated rings. The lowest BCUT2D eigenvalue weighted by molar-refractivity contribution is 0.669. The average molecular weight is 723 g/mol. The molecule has 2 aromatic heterocycles. The monoisotopic (exact) mass is 722 g/mol. The van der Waals surface area contributed by atoms with Crippen molar-refractivity contribution in [3.05, 3.63) is 210 Å². The van der Waals surface area contributed by atoms with Crippen LogP contribution < -0.4 is 15.7 Å². The number of furan rings is 1. The highest BCUT2D eigenvalue weighted by Crippen LogP contribution is 2.60. The van der Waals surface area contributed by atoms with Gasteiger partial charge in [-0.2, -0.15) is 0 Å². The summed E-state index contributed by atoms with van der Waals surface area (Å²) in [5, 5.41) is 7.42. The number of benzene rings is 9. The predicted octanol–water partition coefficient (Wildman–Crippen LogP) is 11.8. The maximum atomic E-state index is 6.88. The Morgan fingerprint density at radius 2 is 1.16 bits per heavy atom. The number of hydrogen-bond donors (Lipinski definition) is 0. The van der Waals surface area contributed by atoms with Crippen LogP contribution in [0.5, 0.6) is 0 Å². The quantitative estimate of drug-likeness (QED) is 0.166. The van der Waals surface area contributed by atoms with Gasteiger partial charge in [-0.15, -0.1) is 0 Å². The maximum absolute atomic E-state index is 6.88. The molecule has 3 nitrogen and oxygen atoms in total. The minimum Gasteiger partial charge on any atom is -0.456 e. The van der Waals surface area contributed by atoms with Crippen LogP contribution in [0.1, 0.15) is 22.3 Å². The first-order valence-corrected chi connectivity index (χ1v) is 19.9. The molecule has 0 atom stereocenters. The molecule has 0 N–H and O–H groups in total. The van der Waals surface area contributed by atoms with E-state index >= 15 is 0 Å². The van der Waals surface area contributed by atoms with Crippen molar-refractivity contribution in [2.24, 2.45) is 0 Å². The Hall–Kier alpha value is -7.30. The Morgan fingerprint density at radius 3 is 2.00 bits per heavy atom. The molecule has 0 saturated carbocycles. The molecular formula is C53H31BN2O. The van der Waals surface area contributed by atoms with E-state index < -0.39 is 5.41 Å². The standard InChI is InChI=1S/C53H31BN2O/c1-3-16-33(17-4-1)53(34-18-5-2-6-19-34)40-24-10-11-27-43(40)56-50-36(22-13-25-41(50)53)39-31-46-48(37-21-9-12-28-45(37)57-46)52-49(39)54(56)42-26-14-23-38-47-35-20-8-7-15-32(35)29-30-44(47)55(52)51(38)42/h1-31H. The van der Waals surface area contributed by atoms with Gasteiger partial charge in [0.25, 0.3) is 0 Å². The molecule has 4 heteroatoms. The minimum atomic E-state index is -0.556. The second kappa shape index (κ2) is 10.5. The molecule has 0 saturated heterocycles. The molecule has 0 aliphatic carbocycles. The molecule has 14 rings (SSSR count). The smallest absolute Gasteiger partial charge is 0.333 e. The zero-order valence-electron chi connectivity index (χ0n) is 30.8. The molecule has 0 spiro atoms. The van der Waals surface area contributed by atoms with Crippen molar-refractivity contribution in [1.82, 2.24) is 4.57 Å². The molecule has 0 amide bonds. The summed E-state index contributed by atoms with van der Waals surface area (Å²) in [5.41, 5.74) is 17.7. The summed E-state index contributed by atoms with van der Waals surface area (Å²) in [6.45, 7) is -0.0980. The zero-order chi connectivity index (χ0) is 37.0. The van der Waals surface area contributed by atoms with Gasteiger partial charge in [0.05, 0.1) is 27.5 Å². The van der Waals surface area contributed by atoms with Crippen LogP contribution in [-0.2, 0) is 5.41 Å². The van der Waals surface area contributed by atoms with Crippen LogP contribution in [0, 0.1) is 0 Å². The van der Waals surface area contributed by atoms with Gasteiger partial charge in [-0.25, -0.2) is 0 Å². The average Bonchev–Trinajstić information content (AvgIpc) is 3.83. The molecule has 3 aliphatic rings. The number of fused-ring (bicyclic) bond motifs is 15. The normalized spacial score (nSPS) is 14.4. The van der Waals surface area contributed by atoms with Gasteiger partial charge in [0.1, 0.15) is 11.2 Å². The van der Waals surface area contributed by atoms with Crippen LogP contribution in [0.4, 0.5) is 11.4 Å². The SMILES string of the molecule is c1ccc(C2(c3ccccc3)c3ccccc3N3B4c5c(cc6oc7ccccc7c6c5-n5c6ccc7ccccc7c6c6cccc4c65)-c4cccc2c43)cc1. The lowest BCUT2D eigenvalue weighted by atomic mass is 9.42. The van der Waals surface area contributed by atoms with Crippen LogP contribution in [0.25, 0.3) is 71.3 Å². The van der Waals surface area contributed by atoms with Crippen LogP contribution in [0.15, 0.2) is 192 Å². The summed E-state index contributed by atoms with van der Waals surface area (Å²) in [6.07, 6.45) is 0. The van der Waals surface area contributed by atoms with Crippen molar-refractivity contribution < 1.29 is 4.42 Å². The molecule has 3 aliphatic heterocycles. The van der Waals surface area contributed by atoms with Gasteiger partial charge in [0.15, 0.2) is 0 Å². The molecule has 0 bridgehead atoms. The first-order chi connectivity index (χ1) is 28.3. The number of nitrogens with zero attached hydrogens (tertiary/aromatic N) is 2. The Bertz CT molecular complexity index is 3500. The van der Waals surface area contributed by atoms with Gasteiger partial charge in [-0.05, 0) is 73.8 Å². The third-order valence-corrected chi connectivity index (χ3v) is 13.4. The van der Waals surface area contributed by atoms with E-state index in [1.165, 1.54) is 99.3 Å². The molecule has 5 heterocycles. The predicted molar refractivity (Wildman–Crippen MR) is 236 cm³/mol. The fourth-order valence-corrected chi connectivity index (χ4v) is 11.4. The van der Waals surface area contributed by atoms with E-state index in [4.69, 9.17) is 4.42 Å². The third kappa shape index (κ3) is 3.48. The van der Waals surface area contributed by atoms with E-state index in [-0.39, 0.29) is 6.85 Å². The van der Waals surface area contributed by atoms with Crippen molar-refractivity contribution in [2.45, 2.75) is 5.41 Å². The molecule has 9 aromatic carbocycles. The van der Waals surface area contributed by atoms with Crippen LogP contribution in [-0.4, -0.2) is 11.4 Å². The second-order valence-corrected chi connectivity index (χ2v) is 15.9. The van der Waals surface area contributed by atoms with Gasteiger partial charge < -0.3 is 13.8 Å². The van der Waals surface area contributed by atoms with E-state index in [0.717, 1.165) is 16.6 Å². The summed E-state index contributed by atoms with van der Waals surface area (Å²) in [5.74, 6) is 0. The van der Waals surface area contributed by atoms with E-state index in [0.29, 0.717) is 0 Å². The lowest BCUT2D eigenvalue weighted by Gasteiger charge is -2.52. The highest BCUT2D eigenvalue weighted by molar-refractivity contribution is 6.94. The van der Waals surface area contributed by atoms with Gasteiger partial charge in [0, 0.05) is 33.1 Å². The van der Waals surface area contributed by atoms with Crippen molar-refractivity contribution in [3.8, 4) is 16.8 Å². The van der Waals surface area contributed by atoms with E-state index in [1.54, 1.807) is 0 Å². The van der Waals surface area contributed by atoms with Crippen LogP contribution in [0.3, 0.4) is 0 Å². The van der Waals surface area contributed by atoms with Crippen LogP contribution in [0.2, 0.25) is 0 Å². The Kier molecular flexibility index (Phi) is 5.53. The third-order valence-electron chi connectivity index (χ3n) is 13.4. The van der Waals surface area contributed by atoms with Gasteiger partial charge in [0.2, 0.25) is 0 Å². The maximum Gasteiger partial charge on any atom is 0.333 e. The summed E-state index contributed by atoms with van der Waals surface area (Å²) in [4.78, 5) is 2.71. The molecule has 262 valence electrons. The number of aromatic nitrogens is 1. The summed E-state index contributed by atoms with van der Waals surface area (Å²) >= 11 is 0. The summed E-state index contributed by atoms with van der Waals surface area (Å²) in [7, 11) is 0. The Balaban J connectivity index is 1.23. The molecule has 57 heavy (non-hydrogen) atoms. The fraction of sp³-hybridized carbons (Fsp3) is 0.0189. The number of para-hydroxylation sites is 4. The van der Waals surface area contributed by atoms with Gasteiger partial charge >= 0.3 is 6.85 Å². The van der Waals surface area contributed by atoms with E-state index in [1.807, 2.05) is 0 Å². The van der Waals surface area contributed by atoms with Crippen LogP contribution >= 0.6 is 0 Å². The van der Waals surface area contributed by atoms with Crippen molar-refractivity contribution in [2.75, 3.05) is 4.81 Å². The van der Waals surface area contributed by atoms with E-state index in [2.05, 4.69) is 197 Å². The molecule has 0 radical (unpaired) electrons. The zero-order valence-corrected chi connectivity index (χ0v) is 30.8. The van der Waals surface area contributed by atoms with E-state index in [9.17, 15) is 0 Å². The second-order valence-electron chi connectivity index (χ2n) is 15.9. The highest BCUT2D eigenvalue weighted by atomic mass is 16.3. The number of anilines is 2. The summed E-state index contributed by atoms with van der Waals surface area (Å²) in [6, 6.07) is 69.9. The van der Waals surface area contributed by atoms with Crippen molar-refractivity contribution >= 4 is 83.7 Å². The molecule has 11 aromatic rings. The Morgan fingerprint density at radius 1 is 0.474 bits per heavy atom. The summed E-state index contributed by atoms with van der Waals surface area (Å²) < 4.78 is 9.48. The Labute approximate surface area is 328 Å². The molecular weight excluding hydrogens is 691 g/mol. The first-order valence-electron chi connectivity index (χ1n) is 19.9. The fourth-order valence-electron chi connectivity index (χ4n) is 11.4. The number of rotatable bonds is 2. The highest BCUT2D eigenvalue weighted by Gasteiger charge is 2.53. The minimum absolute atomic E-state index is 0.0980. The lowest BCUT2D eigenvalue weighted by Crippen LogP contribution is -2.62. The topological polar surface area (TPSA) is 21.3 Å².